The van der Waals surface area contributed by atoms with Crippen LogP contribution in [0.2, 0.25) is 0 Å². The molecular weight excluding hydrogens is 361 g/mol. The molecule has 8 heteroatoms. The summed E-state index contributed by atoms with van der Waals surface area (Å²) in [6, 6.07) is 11.8. The number of aliphatic carboxylic acids is 1. The number of sulfonamides is 1. The van der Waals surface area contributed by atoms with Gasteiger partial charge in [-0.2, -0.15) is 0 Å². The molecule has 0 aliphatic carbocycles. The summed E-state index contributed by atoms with van der Waals surface area (Å²) < 4.78 is 46.2. The number of benzene rings is 2. The number of ether oxygens (including phenoxy) is 1. The summed E-state index contributed by atoms with van der Waals surface area (Å²) in [5.41, 5.74) is 0.867. The summed E-state index contributed by atoms with van der Waals surface area (Å²) in [5, 5.41) is 8.90. The molecule has 0 spiro atoms. The third kappa shape index (κ3) is 5.53. The van der Waals surface area contributed by atoms with Crippen LogP contribution in [-0.4, -0.2) is 32.6 Å². The van der Waals surface area contributed by atoms with E-state index in [0.717, 1.165) is 11.6 Å². The fraction of sp³-hybridized carbons (Fsp3) is 0.278. The Bertz CT molecular complexity index is 855. The van der Waals surface area contributed by atoms with Crippen molar-refractivity contribution in [1.29, 1.82) is 0 Å². The van der Waals surface area contributed by atoms with E-state index in [1.165, 1.54) is 19.2 Å². The van der Waals surface area contributed by atoms with Crippen molar-refractivity contribution in [1.82, 2.24) is 4.72 Å². The van der Waals surface area contributed by atoms with Crippen LogP contribution in [-0.2, 0) is 21.2 Å². The Morgan fingerprint density at radius 3 is 2.50 bits per heavy atom. The number of carbonyl (C=O) groups is 1. The minimum atomic E-state index is -4.01. The van der Waals surface area contributed by atoms with Crippen LogP contribution in [0, 0.1) is 5.82 Å². The van der Waals surface area contributed by atoms with Gasteiger partial charge in [0, 0.05) is 12.5 Å². The largest absolute Gasteiger partial charge is 0.494 e. The van der Waals surface area contributed by atoms with E-state index in [-0.39, 0.29) is 23.5 Å². The summed E-state index contributed by atoms with van der Waals surface area (Å²) in [6.45, 7) is 0. The molecule has 1 unspecified atom stereocenters. The molecule has 1 atom stereocenters. The molecule has 0 saturated carbocycles. The zero-order valence-corrected chi connectivity index (χ0v) is 15.0. The Hall–Kier alpha value is -2.45. The fourth-order valence-electron chi connectivity index (χ4n) is 2.50. The molecule has 2 N–H and O–H groups in total. The smallest absolute Gasteiger partial charge is 0.303 e. The number of rotatable bonds is 9. The van der Waals surface area contributed by atoms with Crippen molar-refractivity contribution < 1.29 is 27.4 Å². The molecule has 0 amide bonds. The van der Waals surface area contributed by atoms with Gasteiger partial charge in [0.15, 0.2) is 11.6 Å². The van der Waals surface area contributed by atoms with Crippen LogP contribution in [0.1, 0.15) is 18.4 Å². The standard InChI is InChI=1S/C18H20FNO5S/c1-25-17-9-8-15(12-16(17)19)26(23,24)20-14(7-10-18(21)22)11-13-5-3-2-4-6-13/h2-6,8-9,12,14,20H,7,10-11H2,1H3,(H,21,22). The third-order valence-corrected chi connectivity index (χ3v) is 5.31. The zero-order valence-electron chi connectivity index (χ0n) is 14.2. The van der Waals surface area contributed by atoms with Crippen LogP contribution in [0.25, 0.3) is 0 Å². The van der Waals surface area contributed by atoms with E-state index in [0.29, 0.717) is 6.42 Å². The molecule has 0 saturated heterocycles. The summed E-state index contributed by atoms with van der Waals surface area (Å²) in [5.74, 6) is -1.87. The summed E-state index contributed by atoms with van der Waals surface area (Å²) in [4.78, 5) is 10.6. The second-order valence-corrected chi connectivity index (χ2v) is 7.45. The van der Waals surface area contributed by atoms with Crippen LogP contribution >= 0.6 is 0 Å². The van der Waals surface area contributed by atoms with Crippen molar-refractivity contribution in [2.45, 2.75) is 30.2 Å². The lowest BCUT2D eigenvalue weighted by Gasteiger charge is -2.18. The first-order valence-corrected chi connectivity index (χ1v) is 9.41. The quantitative estimate of drug-likeness (QED) is 0.696. The number of halogens is 1. The molecule has 2 aromatic carbocycles. The molecule has 0 aromatic heterocycles. The first-order chi connectivity index (χ1) is 12.3. The Morgan fingerprint density at radius 1 is 1.23 bits per heavy atom. The molecule has 0 fully saturated rings. The van der Waals surface area contributed by atoms with E-state index in [9.17, 15) is 17.6 Å². The van der Waals surface area contributed by atoms with Gasteiger partial charge in [-0.1, -0.05) is 30.3 Å². The van der Waals surface area contributed by atoms with Gasteiger partial charge in [-0.25, -0.2) is 17.5 Å². The summed E-state index contributed by atoms with van der Waals surface area (Å²) in [6.07, 6.45) is 0.255. The van der Waals surface area contributed by atoms with Crippen molar-refractivity contribution in [2.75, 3.05) is 7.11 Å². The van der Waals surface area contributed by atoms with Crippen LogP contribution in [0.3, 0.4) is 0 Å². The van der Waals surface area contributed by atoms with Crippen molar-refractivity contribution in [3.63, 3.8) is 0 Å². The number of methoxy groups -OCH3 is 1. The van der Waals surface area contributed by atoms with Gasteiger partial charge >= 0.3 is 5.97 Å². The van der Waals surface area contributed by atoms with Gasteiger partial charge in [-0.05, 0) is 36.6 Å². The third-order valence-electron chi connectivity index (χ3n) is 3.79. The predicted molar refractivity (Wildman–Crippen MR) is 94.1 cm³/mol. The van der Waals surface area contributed by atoms with E-state index < -0.39 is 27.9 Å². The van der Waals surface area contributed by atoms with Crippen molar-refractivity contribution in [3.8, 4) is 5.75 Å². The maximum absolute atomic E-state index is 13.8. The molecule has 0 radical (unpaired) electrons. The maximum atomic E-state index is 13.8. The Labute approximate surface area is 151 Å². The Balaban J connectivity index is 2.21. The lowest BCUT2D eigenvalue weighted by atomic mass is 10.0. The SMILES string of the molecule is COc1ccc(S(=O)(=O)NC(CCC(=O)O)Cc2ccccc2)cc1F. The number of nitrogens with one attached hydrogen (secondary N) is 1. The van der Waals surface area contributed by atoms with E-state index in [1.807, 2.05) is 30.3 Å². The highest BCUT2D eigenvalue weighted by Crippen LogP contribution is 2.21. The van der Waals surface area contributed by atoms with Gasteiger partial charge in [0.25, 0.3) is 0 Å². The van der Waals surface area contributed by atoms with Crippen molar-refractivity contribution in [3.05, 3.63) is 59.9 Å². The highest BCUT2D eigenvalue weighted by atomic mass is 32.2. The minimum Gasteiger partial charge on any atom is -0.494 e. The molecule has 0 bridgehead atoms. The predicted octanol–water partition coefficient (Wildman–Crippen LogP) is 2.59. The topological polar surface area (TPSA) is 92.7 Å². The van der Waals surface area contributed by atoms with Gasteiger partial charge in [0.1, 0.15) is 0 Å². The number of hydrogen-bond acceptors (Lipinski definition) is 4. The molecule has 6 nitrogen and oxygen atoms in total. The van der Waals surface area contributed by atoms with E-state index >= 15 is 0 Å². The highest BCUT2D eigenvalue weighted by molar-refractivity contribution is 7.89. The first-order valence-electron chi connectivity index (χ1n) is 7.93. The first kappa shape index (κ1) is 19.9. The monoisotopic (exact) mass is 381 g/mol. The maximum Gasteiger partial charge on any atom is 0.303 e. The lowest BCUT2D eigenvalue weighted by molar-refractivity contribution is -0.137. The second-order valence-electron chi connectivity index (χ2n) is 5.74. The molecule has 26 heavy (non-hydrogen) atoms. The second kappa shape index (κ2) is 8.77. The summed E-state index contributed by atoms with van der Waals surface area (Å²) in [7, 11) is -2.73. The van der Waals surface area contributed by atoms with Crippen LogP contribution in [0.4, 0.5) is 4.39 Å². The van der Waals surface area contributed by atoms with Gasteiger partial charge in [0.05, 0.1) is 12.0 Å². The van der Waals surface area contributed by atoms with Gasteiger partial charge in [-0.15, -0.1) is 0 Å². The minimum absolute atomic E-state index is 0.0596. The molecule has 0 aliphatic rings. The van der Waals surface area contributed by atoms with Crippen molar-refractivity contribution >= 4 is 16.0 Å². The highest BCUT2D eigenvalue weighted by Gasteiger charge is 2.22. The van der Waals surface area contributed by atoms with Crippen molar-refractivity contribution in [2.24, 2.45) is 0 Å². The molecular formula is C18H20FNO5S. The fourth-order valence-corrected chi connectivity index (χ4v) is 3.78. The summed E-state index contributed by atoms with van der Waals surface area (Å²) >= 11 is 0. The molecule has 2 rings (SSSR count). The molecule has 0 heterocycles. The van der Waals surface area contributed by atoms with Gasteiger partial charge in [-0.3, -0.25) is 4.79 Å². The average Bonchev–Trinajstić information content (AvgIpc) is 2.60. The Kier molecular flexibility index (Phi) is 6.70. The number of carboxylic acids is 1. The van der Waals surface area contributed by atoms with Crippen LogP contribution < -0.4 is 9.46 Å². The number of hydrogen-bond donors (Lipinski definition) is 2. The zero-order chi connectivity index (χ0) is 19.2. The lowest BCUT2D eigenvalue weighted by Crippen LogP contribution is -2.37. The molecule has 140 valence electrons. The molecule has 2 aromatic rings. The van der Waals surface area contributed by atoms with Crippen LogP contribution in [0.15, 0.2) is 53.4 Å². The van der Waals surface area contributed by atoms with E-state index in [4.69, 9.17) is 9.84 Å². The van der Waals surface area contributed by atoms with Gasteiger partial charge < -0.3 is 9.84 Å². The molecule has 0 aliphatic heterocycles. The van der Waals surface area contributed by atoms with E-state index in [1.54, 1.807) is 0 Å². The van der Waals surface area contributed by atoms with Crippen LogP contribution in [0.5, 0.6) is 5.75 Å². The average molecular weight is 381 g/mol. The van der Waals surface area contributed by atoms with Gasteiger partial charge in [0.2, 0.25) is 10.0 Å². The normalized spacial score (nSPS) is 12.5. The number of carboxylic acid groups (broad SMARTS) is 1. The Morgan fingerprint density at radius 2 is 1.92 bits per heavy atom. The van der Waals surface area contributed by atoms with E-state index in [2.05, 4.69) is 4.72 Å².